The Morgan fingerprint density at radius 3 is 2.33 bits per heavy atom. The van der Waals surface area contributed by atoms with Crippen molar-refractivity contribution < 1.29 is 9.32 Å². The van der Waals surface area contributed by atoms with Gasteiger partial charge in [-0.2, -0.15) is 0 Å². The van der Waals surface area contributed by atoms with Crippen molar-refractivity contribution in [2.24, 2.45) is 5.41 Å². The molecule has 0 bridgehead atoms. The Labute approximate surface area is 94.3 Å². The SMILES string of the molecule is O=S1CCN(CC2(CO)CCCC2)CC1. The van der Waals surface area contributed by atoms with Crippen LogP contribution in [0.2, 0.25) is 0 Å². The summed E-state index contributed by atoms with van der Waals surface area (Å²) in [7, 11) is -0.584. The van der Waals surface area contributed by atoms with Gasteiger partial charge in [-0.3, -0.25) is 4.21 Å². The number of hydrogen-bond acceptors (Lipinski definition) is 3. The average molecular weight is 231 g/mol. The predicted molar refractivity (Wildman–Crippen MR) is 62.3 cm³/mol. The molecular weight excluding hydrogens is 210 g/mol. The summed E-state index contributed by atoms with van der Waals surface area (Å²) >= 11 is 0. The van der Waals surface area contributed by atoms with E-state index in [0.29, 0.717) is 6.61 Å². The van der Waals surface area contributed by atoms with Crippen molar-refractivity contribution in [3.63, 3.8) is 0 Å². The molecule has 1 saturated heterocycles. The van der Waals surface area contributed by atoms with Crippen LogP contribution in [0, 0.1) is 5.41 Å². The Morgan fingerprint density at radius 2 is 1.80 bits per heavy atom. The van der Waals surface area contributed by atoms with Gasteiger partial charge in [0.2, 0.25) is 0 Å². The highest BCUT2D eigenvalue weighted by Gasteiger charge is 2.35. The van der Waals surface area contributed by atoms with Gasteiger partial charge in [-0.1, -0.05) is 12.8 Å². The van der Waals surface area contributed by atoms with Crippen molar-refractivity contribution in [3.8, 4) is 0 Å². The van der Waals surface area contributed by atoms with E-state index in [-0.39, 0.29) is 5.41 Å². The number of rotatable bonds is 3. The van der Waals surface area contributed by atoms with Crippen molar-refractivity contribution in [2.75, 3.05) is 37.7 Å². The first kappa shape index (κ1) is 11.6. The van der Waals surface area contributed by atoms with Gasteiger partial charge in [-0.05, 0) is 12.8 Å². The van der Waals surface area contributed by atoms with Crippen molar-refractivity contribution in [1.82, 2.24) is 4.90 Å². The van der Waals surface area contributed by atoms with Crippen LogP contribution in [-0.2, 0) is 10.8 Å². The fourth-order valence-electron chi connectivity index (χ4n) is 2.80. The summed E-state index contributed by atoms with van der Waals surface area (Å²) in [6.07, 6.45) is 4.87. The quantitative estimate of drug-likeness (QED) is 0.773. The molecule has 0 aromatic rings. The van der Waals surface area contributed by atoms with Crippen molar-refractivity contribution in [2.45, 2.75) is 25.7 Å². The largest absolute Gasteiger partial charge is 0.396 e. The van der Waals surface area contributed by atoms with Gasteiger partial charge in [0, 0.05) is 54.0 Å². The third-order valence-electron chi connectivity index (χ3n) is 3.83. The van der Waals surface area contributed by atoms with Gasteiger partial charge in [0.15, 0.2) is 0 Å². The highest BCUT2D eigenvalue weighted by molar-refractivity contribution is 7.85. The smallest absolute Gasteiger partial charge is 0.0499 e. The van der Waals surface area contributed by atoms with Gasteiger partial charge in [0.05, 0.1) is 0 Å². The van der Waals surface area contributed by atoms with Gasteiger partial charge >= 0.3 is 0 Å². The molecule has 0 spiro atoms. The second-order valence-corrected chi connectivity index (χ2v) is 6.69. The maximum atomic E-state index is 11.2. The molecule has 0 aromatic heterocycles. The van der Waals surface area contributed by atoms with Crippen LogP contribution < -0.4 is 0 Å². The van der Waals surface area contributed by atoms with E-state index in [2.05, 4.69) is 4.90 Å². The molecule has 1 aliphatic heterocycles. The third-order valence-corrected chi connectivity index (χ3v) is 5.10. The fourth-order valence-corrected chi connectivity index (χ4v) is 3.93. The first-order valence-corrected chi connectivity index (χ1v) is 7.41. The lowest BCUT2D eigenvalue weighted by atomic mass is 9.86. The fraction of sp³-hybridized carbons (Fsp3) is 1.00. The van der Waals surface area contributed by atoms with E-state index in [1.165, 1.54) is 25.7 Å². The Kier molecular flexibility index (Phi) is 3.80. The lowest BCUT2D eigenvalue weighted by Gasteiger charge is -2.35. The van der Waals surface area contributed by atoms with Crippen LogP contribution in [0.25, 0.3) is 0 Å². The van der Waals surface area contributed by atoms with E-state index in [1.807, 2.05) is 0 Å². The number of nitrogens with zero attached hydrogens (tertiary/aromatic N) is 1. The number of hydrogen-bond donors (Lipinski definition) is 1. The van der Waals surface area contributed by atoms with Gasteiger partial charge < -0.3 is 10.0 Å². The highest BCUT2D eigenvalue weighted by Crippen LogP contribution is 2.38. The minimum absolute atomic E-state index is 0.166. The number of aliphatic hydroxyl groups is 1. The van der Waals surface area contributed by atoms with Crippen molar-refractivity contribution >= 4 is 10.8 Å². The first-order chi connectivity index (χ1) is 7.24. The lowest BCUT2D eigenvalue weighted by Crippen LogP contribution is -2.45. The second-order valence-electron chi connectivity index (χ2n) is 4.99. The normalized spacial score (nSPS) is 28.3. The molecule has 0 radical (unpaired) electrons. The lowest BCUT2D eigenvalue weighted by molar-refractivity contribution is 0.0823. The van der Waals surface area contributed by atoms with Crippen molar-refractivity contribution in [3.05, 3.63) is 0 Å². The molecule has 0 aromatic carbocycles. The van der Waals surface area contributed by atoms with Crippen molar-refractivity contribution in [1.29, 1.82) is 0 Å². The minimum atomic E-state index is -0.584. The zero-order valence-electron chi connectivity index (χ0n) is 9.28. The zero-order chi connectivity index (χ0) is 10.7. The molecule has 88 valence electrons. The third kappa shape index (κ3) is 2.80. The monoisotopic (exact) mass is 231 g/mol. The summed E-state index contributed by atoms with van der Waals surface area (Å²) in [6, 6.07) is 0. The van der Waals surface area contributed by atoms with Crippen LogP contribution in [0.1, 0.15) is 25.7 Å². The minimum Gasteiger partial charge on any atom is -0.396 e. The molecule has 0 amide bonds. The molecule has 2 fully saturated rings. The molecule has 1 heterocycles. The Hall–Kier alpha value is 0.0700. The van der Waals surface area contributed by atoms with E-state index < -0.39 is 10.8 Å². The Balaban J connectivity index is 1.87. The predicted octanol–water partition coefficient (Wildman–Crippen LogP) is 0.603. The van der Waals surface area contributed by atoms with E-state index in [0.717, 1.165) is 31.1 Å². The molecule has 2 aliphatic rings. The second kappa shape index (κ2) is 4.93. The van der Waals surface area contributed by atoms with Crippen LogP contribution in [0.5, 0.6) is 0 Å². The average Bonchev–Trinajstić information content (AvgIpc) is 2.71. The van der Waals surface area contributed by atoms with Gasteiger partial charge in [-0.15, -0.1) is 0 Å². The summed E-state index contributed by atoms with van der Waals surface area (Å²) in [6.45, 7) is 3.25. The first-order valence-electron chi connectivity index (χ1n) is 5.92. The summed E-state index contributed by atoms with van der Waals surface area (Å²) in [5.41, 5.74) is 0.166. The van der Waals surface area contributed by atoms with E-state index >= 15 is 0 Å². The molecule has 1 N–H and O–H groups in total. The molecule has 0 atom stereocenters. The van der Waals surface area contributed by atoms with E-state index in [1.54, 1.807) is 0 Å². The maximum Gasteiger partial charge on any atom is 0.0499 e. The Bertz CT molecular complexity index is 229. The van der Waals surface area contributed by atoms with Gasteiger partial charge in [-0.25, -0.2) is 0 Å². The van der Waals surface area contributed by atoms with Crippen LogP contribution in [0.4, 0.5) is 0 Å². The van der Waals surface area contributed by atoms with Crippen LogP contribution in [0.3, 0.4) is 0 Å². The van der Waals surface area contributed by atoms with E-state index in [9.17, 15) is 9.32 Å². The van der Waals surface area contributed by atoms with Crippen LogP contribution >= 0.6 is 0 Å². The Morgan fingerprint density at radius 1 is 1.20 bits per heavy atom. The molecule has 1 aliphatic carbocycles. The molecule has 1 saturated carbocycles. The highest BCUT2D eigenvalue weighted by atomic mass is 32.2. The summed E-state index contributed by atoms with van der Waals surface area (Å²) in [5.74, 6) is 1.64. The molecule has 15 heavy (non-hydrogen) atoms. The van der Waals surface area contributed by atoms with Crippen LogP contribution in [0.15, 0.2) is 0 Å². The molecule has 2 rings (SSSR count). The summed E-state index contributed by atoms with van der Waals surface area (Å²) < 4.78 is 11.2. The number of aliphatic hydroxyl groups excluding tert-OH is 1. The van der Waals surface area contributed by atoms with Crippen LogP contribution in [-0.4, -0.2) is 52.0 Å². The molecule has 0 unspecified atom stereocenters. The summed E-state index contributed by atoms with van der Waals surface area (Å²) in [5, 5.41) is 9.51. The molecular formula is C11H21NO2S. The topological polar surface area (TPSA) is 40.5 Å². The summed E-state index contributed by atoms with van der Waals surface area (Å²) in [4.78, 5) is 2.39. The standard InChI is InChI=1S/C11H21NO2S/c13-10-11(3-1-2-4-11)9-12-5-7-15(14)8-6-12/h13H,1-10H2. The molecule has 4 heteroatoms. The maximum absolute atomic E-state index is 11.2. The van der Waals surface area contributed by atoms with E-state index in [4.69, 9.17) is 0 Å². The zero-order valence-corrected chi connectivity index (χ0v) is 10.1. The van der Waals surface area contributed by atoms with Gasteiger partial charge in [0.25, 0.3) is 0 Å². The molecule has 3 nitrogen and oxygen atoms in total. The van der Waals surface area contributed by atoms with Gasteiger partial charge in [0.1, 0.15) is 0 Å².